The highest BCUT2D eigenvalue weighted by Gasteiger charge is 2.28. The van der Waals surface area contributed by atoms with Crippen LogP contribution in [0.15, 0.2) is 42.9 Å². The number of carbonyl (C=O) groups is 1. The molecule has 1 aliphatic rings. The molecule has 0 atom stereocenters. The number of halogens is 1. The van der Waals surface area contributed by atoms with Gasteiger partial charge in [-0.15, -0.1) is 5.10 Å². The largest absolute Gasteiger partial charge is 0.497 e. The third kappa shape index (κ3) is 3.89. The normalized spacial score (nSPS) is 14.6. The molecular weight excluding hydrogens is 444 g/mol. The van der Waals surface area contributed by atoms with Crippen LogP contribution in [0.3, 0.4) is 0 Å². The van der Waals surface area contributed by atoms with E-state index in [0.717, 1.165) is 24.1 Å². The summed E-state index contributed by atoms with van der Waals surface area (Å²) >= 11 is 6.45. The summed E-state index contributed by atoms with van der Waals surface area (Å²) in [6, 6.07) is 9.35. The monoisotopic (exact) mass is 466 g/mol. The summed E-state index contributed by atoms with van der Waals surface area (Å²) in [6.07, 6.45) is 5.25. The molecule has 1 amide bonds. The lowest BCUT2D eigenvalue weighted by Gasteiger charge is -2.32. The van der Waals surface area contributed by atoms with Gasteiger partial charge in [-0.25, -0.2) is 0 Å². The van der Waals surface area contributed by atoms with Gasteiger partial charge in [-0.2, -0.15) is 4.68 Å². The van der Waals surface area contributed by atoms with Crippen molar-refractivity contribution in [2.45, 2.75) is 18.8 Å². The van der Waals surface area contributed by atoms with Gasteiger partial charge >= 0.3 is 0 Å². The van der Waals surface area contributed by atoms with Crippen molar-refractivity contribution in [3.63, 3.8) is 0 Å². The second kappa shape index (κ2) is 8.74. The highest BCUT2D eigenvalue weighted by Crippen LogP contribution is 2.36. The van der Waals surface area contributed by atoms with Crippen molar-refractivity contribution in [3.05, 3.63) is 59.0 Å². The molecule has 0 bridgehead atoms. The second-order valence-electron chi connectivity index (χ2n) is 7.98. The Morgan fingerprint density at radius 2 is 1.97 bits per heavy atom. The van der Waals surface area contributed by atoms with Crippen LogP contribution in [0.4, 0.5) is 0 Å². The molecule has 10 heteroatoms. The van der Waals surface area contributed by atoms with E-state index in [-0.39, 0.29) is 5.91 Å². The van der Waals surface area contributed by atoms with E-state index in [0.29, 0.717) is 41.0 Å². The number of hydrogen-bond acceptors (Lipinski definition) is 6. The Kier molecular flexibility index (Phi) is 5.63. The van der Waals surface area contributed by atoms with Crippen molar-refractivity contribution in [2.24, 2.45) is 0 Å². The maximum absolute atomic E-state index is 13.3. The lowest BCUT2D eigenvalue weighted by atomic mass is 9.89. The minimum Gasteiger partial charge on any atom is -0.497 e. The van der Waals surface area contributed by atoms with Gasteiger partial charge in [-0.1, -0.05) is 11.6 Å². The number of piperidine rings is 1. The van der Waals surface area contributed by atoms with Crippen molar-refractivity contribution < 1.29 is 14.3 Å². The Bertz CT molecular complexity index is 1300. The van der Waals surface area contributed by atoms with Crippen molar-refractivity contribution in [1.29, 1.82) is 0 Å². The molecule has 170 valence electrons. The number of H-pyrrole nitrogens is 1. The summed E-state index contributed by atoms with van der Waals surface area (Å²) in [6.45, 7) is 1.30. The van der Waals surface area contributed by atoms with Gasteiger partial charge in [0.05, 0.1) is 30.5 Å². The first-order chi connectivity index (χ1) is 16.1. The summed E-state index contributed by atoms with van der Waals surface area (Å²) in [5, 5.41) is 12.7. The van der Waals surface area contributed by atoms with Gasteiger partial charge in [-0.05, 0) is 59.0 Å². The molecule has 1 fully saturated rings. The fourth-order valence-corrected chi connectivity index (χ4v) is 4.73. The van der Waals surface area contributed by atoms with Gasteiger partial charge in [-0.3, -0.25) is 4.79 Å². The first-order valence-corrected chi connectivity index (χ1v) is 11.0. The van der Waals surface area contributed by atoms with Crippen LogP contribution in [-0.4, -0.2) is 63.3 Å². The topological polar surface area (TPSA) is 98.2 Å². The molecule has 3 heterocycles. The predicted octanol–water partition coefficient (Wildman–Crippen LogP) is 3.83. The first kappa shape index (κ1) is 21.3. The number of tetrazole rings is 1. The molecule has 0 radical (unpaired) electrons. The Balaban J connectivity index is 1.34. The lowest BCUT2D eigenvalue weighted by Crippen LogP contribution is -2.38. The fraction of sp³-hybridized carbons (Fsp3) is 0.304. The standard InChI is InChI=1S/C23H23ClN6O3/c1-32-15-3-4-20-16(9-15)18(12-25-20)14-5-7-29(8-6-14)23(31)17-10-19(24)21(11-22(17)33-2)30-13-26-27-28-30/h3-4,9-14,25H,5-8H2,1-2H3. The van der Waals surface area contributed by atoms with Gasteiger partial charge in [0.25, 0.3) is 5.91 Å². The zero-order valence-corrected chi connectivity index (χ0v) is 19.0. The number of rotatable bonds is 5. The average Bonchev–Trinajstić information content (AvgIpc) is 3.53. The number of fused-ring (bicyclic) bond motifs is 1. The molecule has 0 saturated carbocycles. The van der Waals surface area contributed by atoms with Gasteiger partial charge in [0.15, 0.2) is 0 Å². The number of carbonyl (C=O) groups excluding carboxylic acids is 1. The molecular formula is C23H23ClN6O3. The number of hydrogen-bond donors (Lipinski definition) is 1. The van der Waals surface area contributed by atoms with E-state index in [9.17, 15) is 4.79 Å². The molecule has 0 unspecified atom stereocenters. The lowest BCUT2D eigenvalue weighted by molar-refractivity contribution is 0.0710. The first-order valence-electron chi connectivity index (χ1n) is 10.6. The molecule has 1 N–H and O–H groups in total. The van der Waals surface area contributed by atoms with E-state index in [2.05, 4.69) is 32.8 Å². The van der Waals surface area contributed by atoms with Gasteiger partial charge in [0.1, 0.15) is 17.8 Å². The van der Waals surface area contributed by atoms with Crippen LogP contribution < -0.4 is 9.47 Å². The molecule has 9 nitrogen and oxygen atoms in total. The Hall–Kier alpha value is -3.59. The Labute approximate surface area is 195 Å². The molecule has 1 saturated heterocycles. The van der Waals surface area contributed by atoms with E-state index >= 15 is 0 Å². The molecule has 0 spiro atoms. The highest BCUT2D eigenvalue weighted by atomic mass is 35.5. The van der Waals surface area contributed by atoms with Crippen LogP contribution >= 0.6 is 11.6 Å². The third-order valence-corrected chi connectivity index (χ3v) is 6.54. The summed E-state index contributed by atoms with van der Waals surface area (Å²) in [5.41, 5.74) is 3.33. The number of benzene rings is 2. The summed E-state index contributed by atoms with van der Waals surface area (Å²) in [4.78, 5) is 18.5. The van der Waals surface area contributed by atoms with E-state index in [1.165, 1.54) is 29.1 Å². The average molecular weight is 467 g/mol. The molecule has 2 aromatic carbocycles. The minimum absolute atomic E-state index is 0.101. The predicted molar refractivity (Wildman–Crippen MR) is 123 cm³/mol. The Morgan fingerprint density at radius 1 is 1.15 bits per heavy atom. The van der Waals surface area contributed by atoms with Crippen molar-refractivity contribution in [1.82, 2.24) is 30.1 Å². The number of methoxy groups -OCH3 is 2. The number of ether oxygens (including phenoxy) is 2. The van der Waals surface area contributed by atoms with E-state index in [1.54, 1.807) is 19.2 Å². The highest BCUT2D eigenvalue weighted by molar-refractivity contribution is 6.33. The number of amides is 1. The van der Waals surface area contributed by atoms with Crippen LogP contribution in [0.5, 0.6) is 11.5 Å². The molecule has 0 aliphatic carbocycles. The van der Waals surface area contributed by atoms with Crippen molar-refractivity contribution >= 4 is 28.4 Å². The zero-order chi connectivity index (χ0) is 22.9. The Morgan fingerprint density at radius 3 is 2.67 bits per heavy atom. The molecule has 4 aromatic rings. The molecule has 2 aromatic heterocycles. The molecule has 33 heavy (non-hydrogen) atoms. The number of likely N-dealkylation sites (tertiary alicyclic amines) is 1. The minimum atomic E-state index is -0.101. The van der Waals surface area contributed by atoms with E-state index in [4.69, 9.17) is 21.1 Å². The number of nitrogens with zero attached hydrogens (tertiary/aromatic N) is 5. The number of nitrogens with one attached hydrogen (secondary N) is 1. The summed E-state index contributed by atoms with van der Waals surface area (Å²) in [7, 11) is 3.20. The number of aromatic amines is 1. The second-order valence-corrected chi connectivity index (χ2v) is 8.39. The van der Waals surface area contributed by atoms with Crippen LogP contribution in [0.2, 0.25) is 5.02 Å². The molecule has 5 rings (SSSR count). The zero-order valence-electron chi connectivity index (χ0n) is 18.3. The van der Waals surface area contributed by atoms with Crippen LogP contribution in [-0.2, 0) is 0 Å². The summed E-state index contributed by atoms with van der Waals surface area (Å²) in [5.74, 6) is 1.53. The van der Waals surface area contributed by atoms with Crippen LogP contribution in [0.1, 0.15) is 34.7 Å². The third-order valence-electron chi connectivity index (χ3n) is 6.24. The van der Waals surface area contributed by atoms with Gasteiger partial charge in [0.2, 0.25) is 0 Å². The number of aromatic nitrogens is 5. The fourth-order valence-electron chi connectivity index (χ4n) is 4.48. The van der Waals surface area contributed by atoms with Crippen LogP contribution in [0, 0.1) is 0 Å². The van der Waals surface area contributed by atoms with Gasteiger partial charge in [0, 0.05) is 36.3 Å². The summed E-state index contributed by atoms with van der Waals surface area (Å²) < 4.78 is 12.3. The van der Waals surface area contributed by atoms with Gasteiger partial charge < -0.3 is 19.4 Å². The maximum atomic E-state index is 13.3. The van der Waals surface area contributed by atoms with Crippen molar-refractivity contribution in [2.75, 3.05) is 27.3 Å². The quantitative estimate of drug-likeness (QED) is 0.480. The maximum Gasteiger partial charge on any atom is 0.257 e. The van der Waals surface area contributed by atoms with Crippen LogP contribution in [0.25, 0.3) is 16.6 Å². The molecule has 1 aliphatic heterocycles. The van der Waals surface area contributed by atoms with E-state index < -0.39 is 0 Å². The van der Waals surface area contributed by atoms with Crippen molar-refractivity contribution in [3.8, 4) is 17.2 Å². The smallest absolute Gasteiger partial charge is 0.257 e. The van der Waals surface area contributed by atoms with E-state index in [1.807, 2.05) is 17.0 Å². The SMILES string of the molecule is COc1ccc2[nH]cc(C3CCN(C(=O)c4cc(Cl)c(-n5cnnn5)cc4OC)CC3)c2c1.